The van der Waals surface area contributed by atoms with Gasteiger partial charge in [0.15, 0.2) is 7.28 Å². The average Bonchev–Trinajstić information content (AvgIpc) is 3.90. The number of fused-ring (bicyclic) bond motifs is 12. The van der Waals surface area contributed by atoms with Crippen molar-refractivity contribution in [2.24, 2.45) is 0 Å². The molecule has 0 saturated heterocycles. The van der Waals surface area contributed by atoms with Gasteiger partial charge < -0.3 is 14.3 Å². The Balaban J connectivity index is 1.08. The van der Waals surface area contributed by atoms with Gasteiger partial charge in [0.2, 0.25) is 0 Å². The lowest BCUT2D eigenvalue weighted by atomic mass is 9.58. The van der Waals surface area contributed by atoms with Crippen molar-refractivity contribution in [1.29, 1.82) is 0 Å². The van der Waals surface area contributed by atoms with Crippen molar-refractivity contribution in [1.82, 2.24) is 4.57 Å². The third-order valence-corrected chi connectivity index (χ3v) is 15.4. The Morgan fingerprint density at radius 1 is 0.641 bits per heavy atom. The maximum absolute atomic E-state index is 6.55. The molecule has 1 aliphatic carbocycles. The molecule has 0 saturated carbocycles. The number of nitrogens with zero attached hydrogens (tertiary/aromatic N) is 1. The number of thioether (sulfide) groups is 1. The van der Waals surface area contributed by atoms with Gasteiger partial charge in [0.25, 0.3) is 0 Å². The first kappa shape index (κ1) is 37.6. The van der Waals surface area contributed by atoms with Gasteiger partial charge in [0, 0.05) is 65.3 Å². The highest BCUT2D eigenvalue weighted by molar-refractivity contribution is 8.08. The van der Waals surface area contributed by atoms with E-state index in [1.165, 1.54) is 92.7 Å². The smallest absolute Gasteiger partial charge is 0.198 e. The summed E-state index contributed by atoms with van der Waals surface area (Å²) >= 11 is 1.85. The standard InChI is InChI=1S/C59H45BN2OS/c1-33-26-54(34-14-8-7-9-15-34)64-55-32-51-48(29-41(33)55)60-56-39(24-25-40-44-28-47-42(30-50(44)62(51)57(40)56)37-16-10-12-18-46(37)59(47,5)6)43-27-45-38-17-11-13-19-52(38)63-53(45)31-49(43)61-36-22-20-35(21-23-36)58(2,3)4/h7-32,60-61H,1H2,2-6H3. The van der Waals surface area contributed by atoms with Gasteiger partial charge in [-0.05, 0) is 109 Å². The zero-order chi connectivity index (χ0) is 43.2. The molecule has 4 heterocycles. The molecular weight excluding hydrogens is 796 g/mol. The minimum absolute atomic E-state index is 0.0632. The fraction of sp³-hybridized carbons (Fsp3) is 0.119. The largest absolute Gasteiger partial charge is 0.456 e. The summed E-state index contributed by atoms with van der Waals surface area (Å²) in [5, 5.41) is 8.71. The molecule has 1 N–H and O–H groups in total. The fourth-order valence-electron chi connectivity index (χ4n) is 11.0. The maximum Gasteiger partial charge on any atom is 0.198 e. The molecule has 5 heteroatoms. The first-order valence-electron chi connectivity index (χ1n) is 22.4. The van der Waals surface area contributed by atoms with Crippen LogP contribution in [0.2, 0.25) is 0 Å². The van der Waals surface area contributed by atoms with Crippen LogP contribution in [0.1, 0.15) is 62.4 Å². The van der Waals surface area contributed by atoms with E-state index in [1.807, 2.05) is 11.8 Å². The Morgan fingerprint density at radius 3 is 2.25 bits per heavy atom. The van der Waals surface area contributed by atoms with Crippen molar-refractivity contribution in [3.8, 4) is 27.9 Å². The lowest BCUT2D eigenvalue weighted by Crippen LogP contribution is -2.37. The van der Waals surface area contributed by atoms with Gasteiger partial charge in [-0.3, -0.25) is 0 Å². The van der Waals surface area contributed by atoms with Crippen molar-refractivity contribution in [2.45, 2.75) is 50.3 Å². The van der Waals surface area contributed by atoms with Crippen molar-refractivity contribution in [3.63, 3.8) is 0 Å². The normalized spacial score (nSPS) is 14.6. The number of para-hydroxylation sites is 1. The molecule has 306 valence electrons. The van der Waals surface area contributed by atoms with E-state index in [9.17, 15) is 0 Å². The number of benzene rings is 8. The van der Waals surface area contributed by atoms with Crippen LogP contribution in [0.4, 0.5) is 11.4 Å². The second-order valence-corrected chi connectivity index (χ2v) is 20.6. The molecule has 0 bridgehead atoms. The number of aromatic nitrogens is 1. The molecule has 2 aliphatic heterocycles. The molecule has 8 aromatic carbocycles. The summed E-state index contributed by atoms with van der Waals surface area (Å²) in [6.07, 6.45) is 2.26. The molecule has 0 spiro atoms. The number of nitrogens with one attached hydrogen (secondary N) is 1. The Morgan fingerprint density at radius 2 is 1.42 bits per heavy atom. The first-order valence-corrected chi connectivity index (χ1v) is 23.2. The fourth-order valence-corrected chi connectivity index (χ4v) is 12.1. The summed E-state index contributed by atoms with van der Waals surface area (Å²) in [6.45, 7) is 16.2. The van der Waals surface area contributed by atoms with Crippen LogP contribution in [0.5, 0.6) is 0 Å². The van der Waals surface area contributed by atoms with Crippen LogP contribution in [0.3, 0.4) is 0 Å². The number of hydrogen-bond donors (Lipinski definition) is 1. The van der Waals surface area contributed by atoms with E-state index in [-0.39, 0.29) is 10.8 Å². The molecule has 13 rings (SSSR count). The molecule has 3 nitrogen and oxygen atoms in total. The number of furan rings is 1. The molecule has 2 aromatic heterocycles. The predicted molar refractivity (Wildman–Crippen MR) is 275 cm³/mol. The summed E-state index contributed by atoms with van der Waals surface area (Å²) in [4.78, 5) is 2.47. The van der Waals surface area contributed by atoms with Gasteiger partial charge in [-0.25, -0.2) is 0 Å². The molecule has 0 fully saturated rings. The maximum atomic E-state index is 6.55. The van der Waals surface area contributed by atoms with Crippen LogP contribution >= 0.6 is 11.8 Å². The predicted octanol–water partition coefficient (Wildman–Crippen LogP) is 14.6. The number of hydrogen-bond acceptors (Lipinski definition) is 3. The van der Waals surface area contributed by atoms with E-state index < -0.39 is 0 Å². The summed E-state index contributed by atoms with van der Waals surface area (Å²) in [6, 6.07) is 56.3. The highest BCUT2D eigenvalue weighted by atomic mass is 32.2. The second kappa shape index (κ2) is 13.3. The number of anilines is 2. The second-order valence-electron chi connectivity index (χ2n) is 19.5. The van der Waals surface area contributed by atoms with E-state index in [4.69, 9.17) is 4.42 Å². The average molecular weight is 841 g/mol. The highest BCUT2D eigenvalue weighted by Crippen LogP contribution is 2.52. The number of allylic oxidation sites excluding steroid dienone is 2. The van der Waals surface area contributed by atoms with Crippen molar-refractivity contribution < 1.29 is 4.42 Å². The lowest BCUT2D eigenvalue weighted by Gasteiger charge is -2.27. The monoisotopic (exact) mass is 840 g/mol. The van der Waals surface area contributed by atoms with Crippen LogP contribution < -0.4 is 16.2 Å². The highest BCUT2D eigenvalue weighted by Gasteiger charge is 2.37. The third-order valence-electron chi connectivity index (χ3n) is 14.3. The Hall–Kier alpha value is -6.95. The van der Waals surface area contributed by atoms with E-state index >= 15 is 0 Å². The van der Waals surface area contributed by atoms with Crippen molar-refractivity contribution >= 4 is 95.6 Å². The van der Waals surface area contributed by atoms with E-state index in [0.29, 0.717) is 0 Å². The Kier molecular flexibility index (Phi) is 7.81. The van der Waals surface area contributed by atoms with Gasteiger partial charge >= 0.3 is 0 Å². The molecular formula is C59H45BN2OS. The summed E-state index contributed by atoms with van der Waals surface area (Å²) in [5.74, 6) is 0. The summed E-state index contributed by atoms with van der Waals surface area (Å²) in [7, 11) is 0.788. The van der Waals surface area contributed by atoms with Crippen molar-refractivity contribution in [2.75, 3.05) is 5.32 Å². The van der Waals surface area contributed by atoms with Crippen LogP contribution in [-0.4, -0.2) is 11.8 Å². The summed E-state index contributed by atoms with van der Waals surface area (Å²) in [5.41, 5.74) is 22.8. The van der Waals surface area contributed by atoms with Crippen LogP contribution in [0, 0.1) is 0 Å². The quantitative estimate of drug-likeness (QED) is 0.179. The van der Waals surface area contributed by atoms with E-state index in [0.717, 1.165) is 51.7 Å². The molecule has 10 aromatic rings. The van der Waals surface area contributed by atoms with Gasteiger partial charge in [-0.2, -0.15) is 0 Å². The Bertz CT molecular complexity index is 3710. The minimum Gasteiger partial charge on any atom is -0.456 e. The SMILES string of the molecule is C=C1C=C(c2ccccc2)Sc2cc3c(cc21)Bc1c(-c2cc4c(cc2Nc2ccc(C(C)(C)C)cc2)oc2ccccc24)ccc2c4cc5c(cc4n-3c12)-c1ccccc1C5(C)C. The topological polar surface area (TPSA) is 30.1 Å². The molecule has 0 amide bonds. The molecule has 0 unspecified atom stereocenters. The minimum atomic E-state index is -0.111. The van der Waals surface area contributed by atoms with Crippen LogP contribution in [-0.2, 0) is 10.8 Å². The van der Waals surface area contributed by atoms with Crippen LogP contribution in [0.15, 0.2) is 174 Å². The van der Waals surface area contributed by atoms with E-state index in [1.54, 1.807) is 0 Å². The molecule has 3 aliphatic rings. The van der Waals surface area contributed by atoms with Crippen LogP contribution in [0.25, 0.3) is 82.2 Å². The molecule has 0 atom stereocenters. The van der Waals surface area contributed by atoms with Gasteiger partial charge in [-0.1, -0.05) is 162 Å². The lowest BCUT2D eigenvalue weighted by molar-refractivity contribution is 0.590. The van der Waals surface area contributed by atoms with Gasteiger partial charge in [0.05, 0.1) is 11.2 Å². The number of rotatable bonds is 4. The molecule has 64 heavy (non-hydrogen) atoms. The first-order chi connectivity index (χ1) is 31.0. The zero-order valence-corrected chi connectivity index (χ0v) is 37.5. The molecule has 0 radical (unpaired) electrons. The van der Waals surface area contributed by atoms with Gasteiger partial charge in [-0.15, -0.1) is 0 Å². The summed E-state index contributed by atoms with van der Waals surface area (Å²) < 4.78 is 9.15. The van der Waals surface area contributed by atoms with Gasteiger partial charge in [0.1, 0.15) is 11.2 Å². The third kappa shape index (κ3) is 5.43. The zero-order valence-electron chi connectivity index (χ0n) is 36.7. The van der Waals surface area contributed by atoms with E-state index in [2.05, 4.69) is 209 Å². The Labute approximate surface area is 378 Å². The van der Waals surface area contributed by atoms with Crippen molar-refractivity contribution in [3.05, 3.63) is 192 Å².